The predicted octanol–water partition coefficient (Wildman–Crippen LogP) is 0.0879. The van der Waals surface area contributed by atoms with Crippen LogP contribution in [0.5, 0.6) is 6.01 Å². The van der Waals surface area contributed by atoms with Gasteiger partial charge in [-0.15, -0.1) is 0 Å². The van der Waals surface area contributed by atoms with Crippen LogP contribution in [0.15, 0.2) is 0 Å². The van der Waals surface area contributed by atoms with Gasteiger partial charge in [0.15, 0.2) is 0 Å². The summed E-state index contributed by atoms with van der Waals surface area (Å²) in [6.45, 7) is 3.26. The number of hydrogen-bond acceptors (Lipinski definition) is 8. The fourth-order valence-electron chi connectivity index (χ4n) is 2.03. The van der Waals surface area contributed by atoms with Crippen LogP contribution in [0.25, 0.3) is 0 Å². The molecular formula is C12H23N7O. The number of piperidine rings is 1. The molecule has 0 aromatic carbocycles. The van der Waals surface area contributed by atoms with E-state index in [9.17, 15) is 0 Å². The molecule has 0 aliphatic carbocycles. The lowest BCUT2D eigenvalue weighted by molar-refractivity contribution is 0.245. The van der Waals surface area contributed by atoms with Crippen LogP contribution in [-0.2, 0) is 0 Å². The number of nitrogen functional groups attached to an aromatic ring is 1. The van der Waals surface area contributed by atoms with Gasteiger partial charge in [0.05, 0.1) is 0 Å². The molecule has 0 saturated carbocycles. The Hall–Kier alpha value is -1.67. The molecule has 8 heteroatoms. The van der Waals surface area contributed by atoms with Gasteiger partial charge in [-0.3, -0.25) is 5.43 Å². The van der Waals surface area contributed by atoms with Gasteiger partial charge >= 0.3 is 6.01 Å². The minimum absolute atomic E-state index is 0.315. The highest BCUT2D eigenvalue weighted by Gasteiger charge is 2.16. The summed E-state index contributed by atoms with van der Waals surface area (Å²) < 4.78 is 5.56. The van der Waals surface area contributed by atoms with E-state index in [1.165, 1.54) is 6.42 Å². The third-order valence-electron chi connectivity index (χ3n) is 3.14. The van der Waals surface area contributed by atoms with Crippen LogP contribution in [0.4, 0.5) is 11.9 Å². The predicted molar refractivity (Wildman–Crippen MR) is 77.8 cm³/mol. The summed E-state index contributed by atoms with van der Waals surface area (Å²) in [5, 5.41) is 0. The van der Waals surface area contributed by atoms with E-state index >= 15 is 0 Å². The van der Waals surface area contributed by atoms with Crippen molar-refractivity contribution in [2.75, 3.05) is 50.7 Å². The van der Waals surface area contributed by atoms with E-state index in [0.29, 0.717) is 24.5 Å². The van der Waals surface area contributed by atoms with Crippen LogP contribution < -0.4 is 20.9 Å². The van der Waals surface area contributed by atoms with Crippen molar-refractivity contribution in [2.45, 2.75) is 19.3 Å². The summed E-state index contributed by atoms with van der Waals surface area (Å²) in [5.74, 6) is 6.37. The minimum atomic E-state index is 0.315. The van der Waals surface area contributed by atoms with E-state index in [-0.39, 0.29) is 0 Å². The van der Waals surface area contributed by atoms with Gasteiger partial charge in [0.1, 0.15) is 6.61 Å². The quantitative estimate of drug-likeness (QED) is 0.560. The summed E-state index contributed by atoms with van der Waals surface area (Å²) in [5.41, 5.74) is 2.47. The molecule has 0 radical (unpaired) electrons. The van der Waals surface area contributed by atoms with Gasteiger partial charge in [-0.25, -0.2) is 5.84 Å². The van der Waals surface area contributed by atoms with Gasteiger partial charge in [0.25, 0.3) is 0 Å². The molecule has 0 atom stereocenters. The molecule has 1 aromatic rings. The van der Waals surface area contributed by atoms with Gasteiger partial charge < -0.3 is 14.5 Å². The van der Waals surface area contributed by atoms with Gasteiger partial charge in [-0.1, -0.05) is 0 Å². The third kappa shape index (κ3) is 4.17. The van der Waals surface area contributed by atoms with E-state index in [1.54, 1.807) is 0 Å². The van der Waals surface area contributed by atoms with Crippen molar-refractivity contribution >= 4 is 11.9 Å². The highest BCUT2D eigenvalue weighted by molar-refractivity contribution is 5.37. The summed E-state index contributed by atoms with van der Waals surface area (Å²) in [7, 11) is 3.98. The van der Waals surface area contributed by atoms with Crippen molar-refractivity contribution in [1.29, 1.82) is 0 Å². The van der Waals surface area contributed by atoms with Gasteiger partial charge in [-0.05, 0) is 33.4 Å². The van der Waals surface area contributed by atoms with Crippen LogP contribution in [0.1, 0.15) is 19.3 Å². The first-order valence-corrected chi connectivity index (χ1v) is 6.94. The molecule has 1 aromatic heterocycles. The molecule has 1 saturated heterocycles. The number of nitrogens with one attached hydrogen (secondary N) is 1. The maximum atomic E-state index is 5.56. The summed E-state index contributed by atoms with van der Waals surface area (Å²) in [6, 6.07) is 0.315. The standard InChI is InChI=1S/C12H23N7O/c1-18(2)8-9-20-12-15-10(17-13)14-11(16-12)19-6-4-3-5-7-19/h3-9,13H2,1-2H3,(H,14,15,16,17). The second kappa shape index (κ2) is 7.20. The molecule has 0 bridgehead atoms. The zero-order valence-corrected chi connectivity index (χ0v) is 12.2. The Morgan fingerprint density at radius 2 is 1.95 bits per heavy atom. The van der Waals surface area contributed by atoms with E-state index < -0.39 is 0 Å². The zero-order chi connectivity index (χ0) is 14.4. The second-order valence-electron chi connectivity index (χ2n) is 5.09. The Labute approximate surface area is 119 Å². The molecule has 0 spiro atoms. The van der Waals surface area contributed by atoms with E-state index in [2.05, 4.69) is 25.3 Å². The van der Waals surface area contributed by atoms with Crippen LogP contribution >= 0.6 is 0 Å². The maximum absolute atomic E-state index is 5.56. The van der Waals surface area contributed by atoms with Crippen molar-refractivity contribution in [3.05, 3.63) is 0 Å². The first kappa shape index (κ1) is 14.7. The molecule has 20 heavy (non-hydrogen) atoms. The number of likely N-dealkylation sites (N-methyl/N-ethyl adjacent to an activating group) is 1. The molecule has 0 amide bonds. The van der Waals surface area contributed by atoms with Crippen molar-refractivity contribution in [3.8, 4) is 6.01 Å². The monoisotopic (exact) mass is 281 g/mol. The SMILES string of the molecule is CN(C)CCOc1nc(NN)nc(N2CCCCC2)n1. The Morgan fingerprint density at radius 1 is 1.20 bits per heavy atom. The van der Waals surface area contributed by atoms with E-state index in [0.717, 1.165) is 32.5 Å². The van der Waals surface area contributed by atoms with Gasteiger partial charge in [0.2, 0.25) is 11.9 Å². The molecule has 0 unspecified atom stereocenters. The second-order valence-corrected chi connectivity index (χ2v) is 5.09. The average Bonchev–Trinajstić information content (AvgIpc) is 2.47. The lowest BCUT2D eigenvalue weighted by Gasteiger charge is -2.26. The molecule has 1 aliphatic rings. The number of nitrogens with two attached hydrogens (primary N) is 1. The van der Waals surface area contributed by atoms with Crippen molar-refractivity contribution in [3.63, 3.8) is 0 Å². The first-order valence-electron chi connectivity index (χ1n) is 6.94. The smallest absolute Gasteiger partial charge is 0.323 e. The highest BCUT2D eigenvalue weighted by atomic mass is 16.5. The van der Waals surface area contributed by atoms with Crippen molar-refractivity contribution in [2.24, 2.45) is 5.84 Å². The van der Waals surface area contributed by atoms with Crippen molar-refractivity contribution < 1.29 is 4.74 Å². The molecular weight excluding hydrogens is 258 g/mol. The Morgan fingerprint density at radius 3 is 2.60 bits per heavy atom. The summed E-state index contributed by atoms with van der Waals surface area (Å²) in [6.07, 6.45) is 3.58. The Kier molecular flexibility index (Phi) is 5.31. The first-order chi connectivity index (χ1) is 9.69. The average molecular weight is 281 g/mol. The minimum Gasteiger partial charge on any atom is -0.462 e. The van der Waals surface area contributed by atoms with Crippen LogP contribution in [0.3, 0.4) is 0 Å². The number of hydrogen-bond donors (Lipinski definition) is 2. The number of nitrogens with zero attached hydrogens (tertiary/aromatic N) is 5. The zero-order valence-electron chi connectivity index (χ0n) is 12.2. The number of rotatable bonds is 6. The van der Waals surface area contributed by atoms with E-state index in [1.807, 2.05) is 19.0 Å². The number of ether oxygens (including phenoxy) is 1. The molecule has 112 valence electrons. The van der Waals surface area contributed by atoms with Crippen molar-refractivity contribution in [1.82, 2.24) is 19.9 Å². The number of anilines is 2. The van der Waals surface area contributed by atoms with Crippen LogP contribution in [0.2, 0.25) is 0 Å². The molecule has 2 rings (SSSR count). The maximum Gasteiger partial charge on any atom is 0.323 e. The third-order valence-corrected chi connectivity index (χ3v) is 3.14. The largest absolute Gasteiger partial charge is 0.462 e. The number of hydrazine groups is 1. The van der Waals surface area contributed by atoms with Gasteiger partial charge in [-0.2, -0.15) is 15.0 Å². The number of aromatic nitrogens is 3. The molecule has 1 aliphatic heterocycles. The van der Waals surface area contributed by atoms with Gasteiger partial charge in [0, 0.05) is 19.6 Å². The molecule has 1 fully saturated rings. The van der Waals surface area contributed by atoms with E-state index in [4.69, 9.17) is 10.6 Å². The normalized spacial score (nSPS) is 15.5. The highest BCUT2D eigenvalue weighted by Crippen LogP contribution is 2.18. The lowest BCUT2D eigenvalue weighted by atomic mass is 10.1. The Balaban J connectivity index is 2.06. The Bertz CT molecular complexity index is 420. The summed E-state index contributed by atoms with van der Waals surface area (Å²) >= 11 is 0. The topological polar surface area (TPSA) is 92.4 Å². The fraction of sp³-hybridized carbons (Fsp3) is 0.750. The summed E-state index contributed by atoms with van der Waals surface area (Å²) in [4.78, 5) is 17.0. The molecule has 2 heterocycles. The molecule has 8 nitrogen and oxygen atoms in total. The van der Waals surface area contributed by atoms with Crippen LogP contribution in [0, 0.1) is 0 Å². The molecule has 3 N–H and O–H groups in total. The fourth-order valence-corrected chi connectivity index (χ4v) is 2.03. The lowest BCUT2D eigenvalue weighted by Crippen LogP contribution is -2.31. The van der Waals surface area contributed by atoms with Crippen LogP contribution in [-0.4, -0.2) is 60.2 Å².